The van der Waals surface area contributed by atoms with Crippen LogP contribution in [0.4, 0.5) is 4.79 Å². The van der Waals surface area contributed by atoms with E-state index in [2.05, 4.69) is 32.9 Å². The predicted molar refractivity (Wildman–Crippen MR) is 183 cm³/mol. The molecule has 1 saturated heterocycles. The minimum atomic E-state index is -0.980. The van der Waals surface area contributed by atoms with Gasteiger partial charge in [0.2, 0.25) is 0 Å². The van der Waals surface area contributed by atoms with Crippen molar-refractivity contribution in [3.8, 4) is 22.7 Å². The number of imidazole rings is 1. The maximum Gasteiger partial charge on any atom is 0.407 e. The van der Waals surface area contributed by atoms with E-state index < -0.39 is 12.1 Å². The lowest BCUT2D eigenvalue weighted by molar-refractivity contribution is 0.0279. The average Bonchev–Trinajstić information content (AvgIpc) is 3.53. The van der Waals surface area contributed by atoms with Crippen LogP contribution in [0.1, 0.15) is 48.3 Å². The quantitative estimate of drug-likeness (QED) is 0.190. The zero-order valence-electron chi connectivity index (χ0n) is 27.0. The van der Waals surface area contributed by atoms with Crippen LogP contribution in [-0.2, 0) is 6.61 Å². The van der Waals surface area contributed by atoms with Crippen LogP contribution in [0.15, 0.2) is 122 Å². The Morgan fingerprint density at radius 2 is 1.53 bits per heavy atom. The van der Waals surface area contributed by atoms with Crippen LogP contribution >= 0.6 is 0 Å². The number of aromatic nitrogens is 2. The van der Waals surface area contributed by atoms with Gasteiger partial charge in [0, 0.05) is 37.2 Å². The first kappa shape index (κ1) is 31.6. The largest absolute Gasteiger partial charge is 0.489 e. The van der Waals surface area contributed by atoms with E-state index >= 15 is 0 Å². The van der Waals surface area contributed by atoms with Gasteiger partial charge < -0.3 is 19.6 Å². The highest BCUT2D eigenvalue weighted by Gasteiger charge is 2.44. The third kappa shape index (κ3) is 6.92. The molecule has 0 saturated carbocycles. The van der Waals surface area contributed by atoms with Gasteiger partial charge in [-0.15, -0.1) is 0 Å². The molecule has 1 N–H and O–H groups in total. The van der Waals surface area contributed by atoms with Crippen molar-refractivity contribution in [1.82, 2.24) is 19.4 Å². The molecule has 240 valence electrons. The second kappa shape index (κ2) is 13.5. The highest BCUT2D eigenvalue weighted by atomic mass is 16.5. The molecule has 0 spiro atoms. The number of ether oxygens (including phenoxy) is 1. The number of piperazine rings is 1. The molecule has 2 amide bonds. The number of rotatable bonds is 8. The van der Waals surface area contributed by atoms with Crippen LogP contribution in [0.2, 0.25) is 0 Å². The first-order chi connectivity index (χ1) is 22.7. The van der Waals surface area contributed by atoms with Gasteiger partial charge in [0.25, 0.3) is 5.91 Å². The topological polar surface area (TPSA) is 87.9 Å². The SMILES string of the molecule is CC(C)(C)C(c1ccccc1)[C@@H]1CN(C(=O)O)CCN1C(=O)c1ncn(-c2cccc(OCc3ccccc3)c2)c1-c1ccccc1. The standard InChI is InChI=1S/C39H40N4O4/c1-39(2,3)34(29-16-9-5-10-17-29)33-25-41(38(45)46)22-23-42(33)37(44)35-36(30-18-11-6-12-19-30)43(27-40-35)31-20-13-21-32(24-31)47-26-28-14-7-4-8-15-28/h4-21,24,27,33-34H,22-23,25-26H2,1-3H3,(H,45,46)/t33-,34?/m0/s1. The Balaban J connectivity index is 1.40. The molecule has 0 bridgehead atoms. The van der Waals surface area contributed by atoms with Gasteiger partial charge in [-0.25, -0.2) is 9.78 Å². The minimum Gasteiger partial charge on any atom is -0.489 e. The fraction of sp³-hybridized carbons (Fsp3) is 0.256. The van der Waals surface area contributed by atoms with Crippen molar-refractivity contribution in [2.45, 2.75) is 39.3 Å². The molecule has 1 unspecified atom stereocenters. The summed E-state index contributed by atoms with van der Waals surface area (Å²) in [6, 6.07) is 37.2. The second-order valence-electron chi connectivity index (χ2n) is 13.0. The monoisotopic (exact) mass is 628 g/mol. The molecule has 47 heavy (non-hydrogen) atoms. The van der Waals surface area contributed by atoms with E-state index in [1.54, 1.807) is 6.33 Å². The number of carbonyl (C=O) groups is 2. The first-order valence-corrected chi connectivity index (χ1v) is 15.9. The van der Waals surface area contributed by atoms with Crippen LogP contribution in [0.25, 0.3) is 16.9 Å². The van der Waals surface area contributed by atoms with Crippen molar-refractivity contribution in [2.24, 2.45) is 5.41 Å². The van der Waals surface area contributed by atoms with Crippen LogP contribution in [0.3, 0.4) is 0 Å². The summed E-state index contributed by atoms with van der Waals surface area (Å²) in [4.78, 5) is 35.0. The minimum absolute atomic E-state index is 0.129. The van der Waals surface area contributed by atoms with Crippen LogP contribution < -0.4 is 4.74 Å². The molecule has 2 atom stereocenters. The molecule has 2 heterocycles. The van der Waals surface area contributed by atoms with E-state index in [9.17, 15) is 14.7 Å². The summed E-state index contributed by atoms with van der Waals surface area (Å²) in [5.74, 6) is 0.350. The van der Waals surface area contributed by atoms with Crippen molar-refractivity contribution in [2.75, 3.05) is 19.6 Å². The number of amides is 2. The molecule has 1 aromatic heterocycles. The molecule has 1 fully saturated rings. The number of hydrogen-bond acceptors (Lipinski definition) is 4. The van der Waals surface area contributed by atoms with Gasteiger partial charge in [-0.2, -0.15) is 0 Å². The van der Waals surface area contributed by atoms with Gasteiger partial charge in [0.1, 0.15) is 18.7 Å². The Kier molecular flexibility index (Phi) is 9.11. The smallest absolute Gasteiger partial charge is 0.407 e. The second-order valence-corrected chi connectivity index (χ2v) is 13.0. The molecular formula is C39H40N4O4. The van der Waals surface area contributed by atoms with E-state index in [1.807, 2.05) is 113 Å². The maximum absolute atomic E-state index is 14.8. The average molecular weight is 629 g/mol. The predicted octanol–water partition coefficient (Wildman–Crippen LogP) is 7.75. The normalized spacial score (nSPS) is 15.7. The summed E-state index contributed by atoms with van der Waals surface area (Å²) < 4.78 is 8.06. The van der Waals surface area contributed by atoms with E-state index in [0.717, 1.165) is 22.4 Å². The summed E-state index contributed by atoms with van der Waals surface area (Å²) in [5.41, 5.74) is 4.51. The van der Waals surface area contributed by atoms with E-state index in [0.29, 0.717) is 23.7 Å². The summed E-state index contributed by atoms with van der Waals surface area (Å²) in [6.45, 7) is 7.56. The molecule has 0 radical (unpaired) electrons. The van der Waals surface area contributed by atoms with Crippen LogP contribution in [0, 0.1) is 5.41 Å². The fourth-order valence-corrected chi connectivity index (χ4v) is 6.65. The maximum atomic E-state index is 14.8. The summed E-state index contributed by atoms with van der Waals surface area (Å²) in [7, 11) is 0. The molecule has 8 heteroatoms. The lowest BCUT2D eigenvalue weighted by Gasteiger charge is -2.48. The van der Waals surface area contributed by atoms with Gasteiger partial charge in [-0.3, -0.25) is 9.36 Å². The van der Waals surface area contributed by atoms with Gasteiger partial charge in [-0.1, -0.05) is 118 Å². The van der Waals surface area contributed by atoms with Crippen molar-refractivity contribution in [3.05, 3.63) is 138 Å². The Morgan fingerprint density at radius 1 is 0.872 bits per heavy atom. The van der Waals surface area contributed by atoms with E-state index in [-0.39, 0.29) is 36.9 Å². The molecule has 6 rings (SSSR count). The molecular weight excluding hydrogens is 588 g/mol. The Bertz CT molecular complexity index is 1820. The van der Waals surface area contributed by atoms with Crippen molar-refractivity contribution < 1.29 is 19.4 Å². The highest BCUT2D eigenvalue weighted by Crippen LogP contribution is 2.42. The highest BCUT2D eigenvalue weighted by molar-refractivity contribution is 5.99. The van der Waals surface area contributed by atoms with Gasteiger partial charge in [0.05, 0.1) is 17.4 Å². The summed E-state index contributed by atoms with van der Waals surface area (Å²) >= 11 is 0. The van der Waals surface area contributed by atoms with E-state index in [4.69, 9.17) is 9.72 Å². The van der Waals surface area contributed by atoms with Crippen molar-refractivity contribution in [3.63, 3.8) is 0 Å². The number of nitrogens with zero attached hydrogens (tertiary/aromatic N) is 4. The molecule has 1 aliphatic rings. The zero-order chi connectivity index (χ0) is 33.0. The Morgan fingerprint density at radius 3 is 2.19 bits per heavy atom. The third-order valence-electron chi connectivity index (χ3n) is 8.79. The number of benzene rings is 4. The van der Waals surface area contributed by atoms with Gasteiger partial charge in [0.15, 0.2) is 5.69 Å². The third-order valence-corrected chi connectivity index (χ3v) is 8.79. The summed E-state index contributed by atoms with van der Waals surface area (Å²) in [6.07, 6.45) is 0.707. The van der Waals surface area contributed by atoms with Gasteiger partial charge >= 0.3 is 6.09 Å². The molecule has 4 aromatic carbocycles. The number of carbonyl (C=O) groups excluding carboxylic acids is 1. The lowest BCUT2D eigenvalue weighted by atomic mass is 9.71. The van der Waals surface area contributed by atoms with Crippen molar-refractivity contribution in [1.29, 1.82) is 0 Å². The zero-order valence-corrected chi connectivity index (χ0v) is 27.0. The number of hydrogen-bond donors (Lipinski definition) is 1. The van der Waals surface area contributed by atoms with Gasteiger partial charge in [-0.05, 0) is 28.7 Å². The lowest BCUT2D eigenvalue weighted by Crippen LogP contribution is -2.59. The van der Waals surface area contributed by atoms with E-state index in [1.165, 1.54) is 4.90 Å². The molecule has 0 aliphatic carbocycles. The molecule has 5 aromatic rings. The summed E-state index contributed by atoms with van der Waals surface area (Å²) in [5, 5.41) is 10.00. The Hall–Kier alpha value is -5.37. The number of carboxylic acid groups (broad SMARTS) is 1. The Labute approximate surface area is 275 Å². The first-order valence-electron chi connectivity index (χ1n) is 15.9. The molecule has 8 nitrogen and oxygen atoms in total. The van der Waals surface area contributed by atoms with Crippen molar-refractivity contribution >= 4 is 12.0 Å². The van der Waals surface area contributed by atoms with Crippen LogP contribution in [-0.4, -0.2) is 62.1 Å². The fourth-order valence-electron chi connectivity index (χ4n) is 6.65. The molecule has 1 aliphatic heterocycles. The van der Waals surface area contributed by atoms with Crippen LogP contribution in [0.5, 0.6) is 5.75 Å².